The second-order valence-electron chi connectivity index (χ2n) is 7.06. The molecule has 0 radical (unpaired) electrons. The lowest BCUT2D eigenvalue weighted by atomic mass is 10.1. The van der Waals surface area contributed by atoms with E-state index in [1.54, 1.807) is 0 Å². The summed E-state index contributed by atoms with van der Waals surface area (Å²) in [7, 11) is 2.19. The molecule has 3 heterocycles. The van der Waals surface area contributed by atoms with Crippen LogP contribution in [0.4, 0.5) is 11.5 Å². The molecular formula is C19H25IN6. The van der Waals surface area contributed by atoms with Crippen LogP contribution in [0.3, 0.4) is 0 Å². The molecule has 3 aromatic rings. The van der Waals surface area contributed by atoms with Crippen LogP contribution >= 0.6 is 22.9 Å². The smallest absolute Gasteiger partial charge is 0.163 e. The average molecular weight is 464 g/mol. The Hall–Kier alpha value is -1.61. The number of imidazole rings is 1. The molecule has 1 saturated heterocycles. The molecule has 4 rings (SSSR count). The van der Waals surface area contributed by atoms with Gasteiger partial charge in [0.05, 0.1) is 33.9 Å². The Bertz CT molecular complexity index is 913. The molecule has 26 heavy (non-hydrogen) atoms. The summed E-state index contributed by atoms with van der Waals surface area (Å²) in [6.45, 7) is 6.55. The highest BCUT2D eigenvalue weighted by Crippen LogP contribution is 2.31. The summed E-state index contributed by atoms with van der Waals surface area (Å²) in [6.07, 6.45) is 3.29. The van der Waals surface area contributed by atoms with E-state index in [-0.39, 0.29) is 0 Å². The summed E-state index contributed by atoms with van der Waals surface area (Å²) >= 11 is 2.14. The molecule has 1 aliphatic rings. The quantitative estimate of drug-likeness (QED) is 0.442. The van der Waals surface area contributed by atoms with E-state index in [0.717, 1.165) is 72.6 Å². The van der Waals surface area contributed by atoms with E-state index in [4.69, 9.17) is 9.97 Å². The van der Waals surface area contributed by atoms with Gasteiger partial charge in [-0.05, 0) is 31.7 Å². The van der Waals surface area contributed by atoms with Gasteiger partial charge in [-0.25, -0.2) is 9.97 Å². The number of piperazine rings is 1. The maximum atomic E-state index is 4.82. The van der Waals surface area contributed by atoms with Crippen molar-refractivity contribution in [2.24, 2.45) is 0 Å². The fourth-order valence-corrected chi connectivity index (χ4v) is 3.95. The van der Waals surface area contributed by atoms with E-state index in [1.165, 1.54) is 12.1 Å². The number of aromatic amines is 1. The molecule has 6 nitrogen and oxygen atoms in total. The number of H-pyrrole nitrogens is 1. The Morgan fingerprint density at radius 1 is 1.19 bits per heavy atom. The van der Waals surface area contributed by atoms with Gasteiger partial charge < -0.3 is 18.3 Å². The van der Waals surface area contributed by atoms with Gasteiger partial charge in [0.15, 0.2) is 5.82 Å². The third-order valence-electron chi connectivity index (χ3n) is 5.18. The number of rotatable bonds is 5. The predicted molar refractivity (Wildman–Crippen MR) is 117 cm³/mol. The highest BCUT2D eigenvalue weighted by molar-refractivity contribution is 14.1. The first-order chi connectivity index (χ1) is 12.7. The van der Waals surface area contributed by atoms with Crippen molar-refractivity contribution in [3.63, 3.8) is 0 Å². The molecule has 0 bridgehead atoms. The van der Waals surface area contributed by atoms with Gasteiger partial charge in [-0.3, -0.25) is 0 Å². The number of likely N-dealkylation sites (N-methyl/N-ethyl adjacent to an activating group) is 1. The van der Waals surface area contributed by atoms with E-state index < -0.39 is 0 Å². The molecule has 2 aromatic heterocycles. The molecule has 0 spiro atoms. The van der Waals surface area contributed by atoms with Gasteiger partial charge in [-0.2, -0.15) is 0 Å². The second kappa shape index (κ2) is 7.56. The van der Waals surface area contributed by atoms with E-state index in [0.29, 0.717) is 0 Å². The third-order valence-corrected chi connectivity index (χ3v) is 5.69. The van der Waals surface area contributed by atoms with E-state index in [2.05, 4.69) is 73.3 Å². The van der Waals surface area contributed by atoms with E-state index >= 15 is 0 Å². The zero-order valence-electron chi connectivity index (χ0n) is 15.3. The van der Waals surface area contributed by atoms with Gasteiger partial charge in [0.2, 0.25) is 0 Å². The molecule has 0 saturated carbocycles. The standard InChI is InChI=1S/C19H25IN6/c1-3-4-5-16-22-17-14-12-13(26-10-8-25(2)9-11-26)6-7-15(14)21-19(24-20)18(17)23-16/h6-7,12H,3-5,8-11H2,1-2H3,(H,21,24)(H,22,23). The Morgan fingerprint density at radius 3 is 2.73 bits per heavy atom. The van der Waals surface area contributed by atoms with Gasteiger partial charge >= 0.3 is 0 Å². The van der Waals surface area contributed by atoms with Gasteiger partial charge in [0.1, 0.15) is 11.3 Å². The van der Waals surface area contributed by atoms with Crippen molar-refractivity contribution in [1.82, 2.24) is 19.9 Å². The Labute approximate surface area is 167 Å². The lowest BCUT2D eigenvalue weighted by molar-refractivity contribution is 0.313. The number of nitrogens with one attached hydrogen (secondary N) is 2. The van der Waals surface area contributed by atoms with Crippen LogP contribution in [0, 0.1) is 0 Å². The molecule has 0 unspecified atom stereocenters. The van der Waals surface area contributed by atoms with Crippen LogP contribution in [-0.4, -0.2) is 53.1 Å². The fraction of sp³-hybridized carbons (Fsp3) is 0.474. The number of aryl methyl sites for hydroxylation is 1. The topological polar surface area (TPSA) is 60.1 Å². The maximum Gasteiger partial charge on any atom is 0.163 e. The molecular weight excluding hydrogens is 439 g/mol. The zero-order valence-corrected chi connectivity index (χ0v) is 17.5. The van der Waals surface area contributed by atoms with Crippen molar-refractivity contribution in [2.75, 3.05) is 41.7 Å². The summed E-state index contributed by atoms with van der Waals surface area (Å²) in [6, 6.07) is 6.60. The molecule has 0 aliphatic carbocycles. The van der Waals surface area contributed by atoms with Crippen LogP contribution in [0.15, 0.2) is 18.2 Å². The molecule has 138 valence electrons. The average Bonchev–Trinajstić information content (AvgIpc) is 3.10. The first-order valence-electron chi connectivity index (χ1n) is 9.32. The van der Waals surface area contributed by atoms with Crippen molar-refractivity contribution in [1.29, 1.82) is 0 Å². The van der Waals surface area contributed by atoms with Crippen LogP contribution in [-0.2, 0) is 6.42 Å². The SMILES string of the molecule is CCCCc1nc2c(NI)nc3ccc(N4CCN(C)CC4)cc3c2[nH]1. The molecule has 1 fully saturated rings. The second-order valence-corrected chi connectivity index (χ2v) is 7.60. The number of fused-ring (bicyclic) bond motifs is 3. The van der Waals surface area contributed by atoms with Gasteiger partial charge in [-0.1, -0.05) is 13.3 Å². The molecule has 1 aromatic carbocycles. The van der Waals surface area contributed by atoms with Crippen molar-refractivity contribution in [3.05, 3.63) is 24.0 Å². The minimum atomic E-state index is 0.833. The summed E-state index contributed by atoms with van der Waals surface area (Å²) in [5, 5.41) is 1.15. The predicted octanol–water partition coefficient (Wildman–Crippen LogP) is 3.97. The van der Waals surface area contributed by atoms with Gasteiger partial charge in [0.25, 0.3) is 0 Å². The normalized spacial score (nSPS) is 15.9. The van der Waals surface area contributed by atoms with Gasteiger partial charge in [0, 0.05) is 43.7 Å². The lowest BCUT2D eigenvalue weighted by Crippen LogP contribution is -2.44. The number of nitrogens with zero attached hydrogens (tertiary/aromatic N) is 4. The number of benzene rings is 1. The number of hydrogen-bond donors (Lipinski definition) is 2. The molecule has 7 heteroatoms. The van der Waals surface area contributed by atoms with Gasteiger partial charge in [-0.15, -0.1) is 0 Å². The van der Waals surface area contributed by atoms with Crippen molar-refractivity contribution in [3.8, 4) is 0 Å². The number of hydrogen-bond acceptors (Lipinski definition) is 5. The van der Waals surface area contributed by atoms with E-state index in [1.807, 2.05) is 0 Å². The maximum absolute atomic E-state index is 4.82. The highest BCUT2D eigenvalue weighted by Gasteiger charge is 2.17. The summed E-state index contributed by atoms with van der Waals surface area (Å²) in [4.78, 5) is 18.0. The van der Waals surface area contributed by atoms with Crippen LogP contribution in [0.1, 0.15) is 25.6 Å². The first-order valence-corrected chi connectivity index (χ1v) is 10.4. The van der Waals surface area contributed by atoms with Crippen LogP contribution < -0.4 is 8.43 Å². The van der Waals surface area contributed by atoms with Crippen molar-refractivity contribution >= 4 is 56.3 Å². The van der Waals surface area contributed by atoms with Crippen molar-refractivity contribution < 1.29 is 0 Å². The number of aromatic nitrogens is 3. The number of unbranched alkanes of at least 4 members (excludes halogenated alkanes) is 1. The monoisotopic (exact) mass is 464 g/mol. The summed E-state index contributed by atoms with van der Waals surface area (Å²) < 4.78 is 3.17. The first kappa shape index (κ1) is 17.8. The van der Waals surface area contributed by atoms with Crippen LogP contribution in [0.25, 0.3) is 21.9 Å². The molecule has 0 atom stereocenters. The Balaban J connectivity index is 1.80. The number of anilines is 2. The Kier molecular flexibility index (Phi) is 5.17. The largest absolute Gasteiger partial charge is 0.369 e. The van der Waals surface area contributed by atoms with E-state index in [9.17, 15) is 0 Å². The van der Waals surface area contributed by atoms with Crippen LogP contribution in [0.2, 0.25) is 0 Å². The lowest BCUT2D eigenvalue weighted by Gasteiger charge is -2.34. The number of halogens is 1. The highest BCUT2D eigenvalue weighted by atomic mass is 127. The van der Waals surface area contributed by atoms with Crippen molar-refractivity contribution in [2.45, 2.75) is 26.2 Å². The fourth-order valence-electron chi connectivity index (χ4n) is 3.57. The molecule has 1 aliphatic heterocycles. The third kappa shape index (κ3) is 3.34. The summed E-state index contributed by atoms with van der Waals surface area (Å²) in [5.41, 5.74) is 4.30. The minimum absolute atomic E-state index is 0.833. The minimum Gasteiger partial charge on any atom is -0.369 e. The molecule has 2 N–H and O–H groups in total. The Morgan fingerprint density at radius 2 is 2.00 bits per heavy atom. The molecule has 0 amide bonds. The number of pyridine rings is 1. The zero-order chi connectivity index (χ0) is 18.1. The van der Waals surface area contributed by atoms with Crippen LogP contribution in [0.5, 0.6) is 0 Å². The summed E-state index contributed by atoms with van der Waals surface area (Å²) in [5.74, 6) is 1.88.